The predicted molar refractivity (Wildman–Crippen MR) is 95.0 cm³/mol. The normalized spacial score (nSPS) is 21.1. The molecular weight excluding hydrogens is 352 g/mol. The molecule has 8 heteroatoms. The maximum Gasteiger partial charge on any atom is 0.339 e. The van der Waals surface area contributed by atoms with Crippen molar-refractivity contribution in [3.8, 4) is 0 Å². The van der Waals surface area contributed by atoms with Crippen molar-refractivity contribution in [1.29, 1.82) is 0 Å². The van der Waals surface area contributed by atoms with Crippen molar-refractivity contribution >= 4 is 23.6 Å². The molecule has 0 aliphatic carbocycles. The minimum absolute atomic E-state index is 0.0524. The van der Waals surface area contributed by atoms with E-state index in [4.69, 9.17) is 19.9 Å². The second-order valence-corrected chi connectivity index (χ2v) is 6.48. The van der Waals surface area contributed by atoms with Gasteiger partial charge in [-0.2, -0.15) is 0 Å². The third-order valence-corrected chi connectivity index (χ3v) is 4.46. The molecule has 1 aromatic carbocycles. The molecule has 3 rings (SSSR count). The number of para-hydroxylation sites is 1. The Kier molecular flexibility index (Phi) is 4.43. The highest BCUT2D eigenvalue weighted by atomic mass is 16.6. The molecule has 2 heterocycles. The van der Waals surface area contributed by atoms with E-state index >= 15 is 0 Å². The minimum Gasteiger partial charge on any atom is -0.466 e. The number of esters is 3. The standard InChI is InChI=1S/C19H20N2O6/c1-9(2)26-17(23)13-10(3)27-18(24)19(13)11-7-5-6-8-12(11)21-15(20)14(19)16(22)25-4/h5-9,21H,20H2,1-4H3. The number of nitrogens with one attached hydrogen (secondary N) is 1. The summed E-state index contributed by atoms with van der Waals surface area (Å²) in [6.45, 7) is 4.83. The Balaban J connectivity index is 2.38. The molecule has 0 bridgehead atoms. The van der Waals surface area contributed by atoms with Crippen LogP contribution in [0.5, 0.6) is 0 Å². The Bertz CT molecular complexity index is 915. The van der Waals surface area contributed by atoms with E-state index in [1.54, 1.807) is 38.1 Å². The average molecular weight is 372 g/mol. The lowest BCUT2D eigenvalue weighted by Gasteiger charge is -2.35. The molecular formula is C19H20N2O6. The number of carbonyl (C=O) groups is 3. The Labute approximate surface area is 155 Å². The smallest absolute Gasteiger partial charge is 0.339 e. The maximum atomic E-state index is 13.1. The third-order valence-electron chi connectivity index (χ3n) is 4.46. The Morgan fingerprint density at radius 3 is 2.48 bits per heavy atom. The highest BCUT2D eigenvalue weighted by Crippen LogP contribution is 2.52. The van der Waals surface area contributed by atoms with Gasteiger partial charge >= 0.3 is 17.9 Å². The molecule has 2 aliphatic rings. The quantitative estimate of drug-likeness (QED) is 0.605. The van der Waals surface area contributed by atoms with Crippen LogP contribution in [0, 0.1) is 0 Å². The van der Waals surface area contributed by atoms with Crippen LogP contribution in [0.1, 0.15) is 26.3 Å². The van der Waals surface area contributed by atoms with Crippen LogP contribution >= 0.6 is 0 Å². The molecule has 1 aromatic rings. The van der Waals surface area contributed by atoms with Crippen LogP contribution in [-0.2, 0) is 34.0 Å². The molecule has 0 aromatic heterocycles. The molecule has 1 unspecified atom stereocenters. The second-order valence-electron chi connectivity index (χ2n) is 6.48. The number of nitrogens with two attached hydrogens (primary N) is 1. The van der Waals surface area contributed by atoms with Crippen molar-refractivity contribution in [2.24, 2.45) is 5.73 Å². The summed E-state index contributed by atoms with van der Waals surface area (Å²) in [5.74, 6) is -2.47. The number of benzene rings is 1. The first kappa shape index (κ1) is 18.5. The molecule has 1 atom stereocenters. The summed E-state index contributed by atoms with van der Waals surface area (Å²) >= 11 is 0. The number of fused-ring (bicyclic) bond motifs is 2. The van der Waals surface area contributed by atoms with Gasteiger partial charge in [0.2, 0.25) is 0 Å². The predicted octanol–water partition coefficient (Wildman–Crippen LogP) is 1.48. The van der Waals surface area contributed by atoms with E-state index in [-0.39, 0.29) is 22.7 Å². The fraction of sp³-hybridized carbons (Fsp3) is 0.316. The molecule has 0 fully saturated rings. The first-order chi connectivity index (χ1) is 12.7. The van der Waals surface area contributed by atoms with Crippen LogP contribution in [0.2, 0.25) is 0 Å². The van der Waals surface area contributed by atoms with Crippen LogP contribution in [-0.4, -0.2) is 31.1 Å². The number of hydrogen-bond acceptors (Lipinski definition) is 8. The molecule has 0 radical (unpaired) electrons. The van der Waals surface area contributed by atoms with E-state index in [0.717, 1.165) is 0 Å². The zero-order chi connectivity index (χ0) is 19.9. The number of anilines is 1. The number of ether oxygens (including phenoxy) is 3. The second kappa shape index (κ2) is 6.46. The van der Waals surface area contributed by atoms with Gasteiger partial charge in [-0.15, -0.1) is 0 Å². The summed E-state index contributed by atoms with van der Waals surface area (Å²) in [6, 6.07) is 6.73. The fourth-order valence-electron chi connectivity index (χ4n) is 3.50. The number of cyclic esters (lactones) is 1. The maximum absolute atomic E-state index is 13.1. The highest BCUT2D eigenvalue weighted by molar-refractivity contribution is 6.15. The number of allylic oxidation sites excluding steroid dienone is 1. The number of methoxy groups -OCH3 is 1. The first-order valence-electron chi connectivity index (χ1n) is 8.34. The minimum atomic E-state index is -1.87. The molecule has 3 N–H and O–H groups in total. The van der Waals surface area contributed by atoms with Crippen molar-refractivity contribution in [2.75, 3.05) is 12.4 Å². The molecule has 1 spiro atoms. The molecule has 0 saturated carbocycles. The lowest BCUT2D eigenvalue weighted by molar-refractivity contribution is -0.147. The van der Waals surface area contributed by atoms with Gasteiger partial charge in [0.1, 0.15) is 22.7 Å². The van der Waals surface area contributed by atoms with Crippen LogP contribution in [0.25, 0.3) is 0 Å². The van der Waals surface area contributed by atoms with Gasteiger partial charge in [0.15, 0.2) is 5.41 Å². The lowest BCUT2D eigenvalue weighted by atomic mass is 9.67. The molecule has 0 amide bonds. The van der Waals surface area contributed by atoms with Crippen molar-refractivity contribution in [1.82, 2.24) is 0 Å². The molecule has 8 nitrogen and oxygen atoms in total. The fourth-order valence-corrected chi connectivity index (χ4v) is 3.50. The number of hydrogen-bond donors (Lipinski definition) is 2. The summed E-state index contributed by atoms with van der Waals surface area (Å²) < 4.78 is 15.5. The summed E-state index contributed by atoms with van der Waals surface area (Å²) in [5, 5.41) is 2.89. The summed E-state index contributed by atoms with van der Waals surface area (Å²) in [7, 11) is 1.17. The van der Waals surface area contributed by atoms with Gasteiger partial charge in [-0.05, 0) is 26.8 Å². The number of carbonyl (C=O) groups excluding carboxylic acids is 3. The van der Waals surface area contributed by atoms with Crippen molar-refractivity contribution in [2.45, 2.75) is 32.3 Å². The van der Waals surface area contributed by atoms with Crippen LogP contribution < -0.4 is 11.1 Å². The molecule has 27 heavy (non-hydrogen) atoms. The van der Waals surface area contributed by atoms with Gasteiger partial charge in [-0.1, -0.05) is 18.2 Å². The van der Waals surface area contributed by atoms with Gasteiger partial charge in [0, 0.05) is 11.3 Å². The Hall–Kier alpha value is -3.29. The van der Waals surface area contributed by atoms with Gasteiger partial charge < -0.3 is 25.3 Å². The lowest BCUT2D eigenvalue weighted by Crippen LogP contribution is -2.47. The summed E-state index contributed by atoms with van der Waals surface area (Å²) in [5.41, 5.74) is 4.76. The largest absolute Gasteiger partial charge is 0.466 e. The monoisotopic (exact) mass is 372 g/mol. The molecule has 142 valence electrons. The summed E-state index contributed by atoms with van der Waals surface area (Å²) in [6.07, 6.45) is -0.439. The van der Waals surface area contributed by atoms with Gasteiger partial charge in [0.05, 0.1) is 13.2 Å². The van der Waals surface area contributed by atoms with Gasteiger partial charge in [-0.25, -0.2) is 14.4 Å². The zero-order valence-electron chi connectivity index (χ0n) is 15.4. The molecule has 0 saturated heterocycles. The van der Waals surface area contributed by atoms with E-state index in [2.05, 4.69) is 5.32 Å². The SMILES string of the molecule is COC(=O)C1=C(N)Nc2ccccc2C12C(=O)OC(C)=C2C(=O)OC(C)C. The average Bonchev–Trinajstić information content (AvgIpc) is 2.85. The van der Waals surface area contributed by atoms with Gasteiger partial charge in [-0.3, -0.25) is 0 Å². The van der Waals surface area contributed by atoms with E-state index in [9.17, 15) is 14.4 Å². The first-order valence-corrected chi connectivity index (χ1v) is 8.34. The van der Waals surface area contributed by atoms with Crippen LogP contribution in [0.15, 0.2) is 47.0 Å². The third kappa shape index (κ3) is 2.56. The van der Waals surface area contributed by atoms with Crippen molar-refractivity contribution in [3.63, 3.8) is 0 Å². The van der Waals surface area contributed by atoms with Crippen molar-refractivity contribution in [3.05, 3.63) is 52.6 Å². The Morgan fingerprint density at radius 2 is 1.85 bits per heavy atom. The Morgan fingerprint density at radius 1 is 1.19 bits per heavy atom. The summed E-state index contributed by atoms with van der Waals surface area (Å²) in [4.78, 5) is 38.6. The van der Waals surface area contributed by atoms with Crippen molar-refractivity contribution < 1.29 is 28.6 Å². The zero-order valence-corrected chi connectivity index (χ0v) is 15.4. The van der Waals surface area contributed by atoms with E-state index < -0.39 is 29.4 Å². The van der Waals surface area contributed by atoms with Crippen LogP contribution in [0.3, 0.4) is 0 Å². The van der Waals surface area contributed by atoms with E-state index in [1.165, 1.54) is 14.0 Å². The van der Waals surface area contributed by atoms with E-state index in [0.29, 0.717) is 11.3 Å². The molecule has 2 aliphatic heterocycles. The van der Waals surface area contributed by atoms with Gasteiger partial charge in [0.25, 0.3) is 0 Å². The number of rotatable bonds is 3. The van der Waals surface area contributed by atoms with E-state index in [1.807, 2.05) is 0 Å². The highest BCUT2D eigenvalue weighted by Gasteiger charge is 2.62. The topological polar surface area (TPSA) is 117 Å². The van der Waals surface area contributed by atoms with Crippen LogP contribution in [0.4, 0.5) is 5.69 Å².